The number of rotatable bonds is 8. The van der Waals surface area contributed by atoms with Crippen molar-refractivity contribution in [3.63, 3.8) is 0 Å². The molecule has 0 aliphatic heterocycles. The number of benzene rings is 2. The molecule has 21 heavy (non-hydrogen) atoms. The first kappa shape index (κ1) is 15.4. The Kier molecular flexibility index (Phi) is 5.61. The molecular weight excluding hydrogens is 285 g/mol. The minimum absolute atomic E-state index is 0.100. The molecule has 0 unspecified atom stereocenters. The summed E-state index contributed by atoms with van der Waals surface area (Å²) < 4.78 is 24.1. The van der Waals surface area contributed by atoms with E-state index in [-0.39, 0.29) is 6.29 Å². The van der Waals surface area contributed by atoms with Crippen molar-refractivity contribution in [3.05, 3.63) is 73.3 Å². The van der Waals surface area contributed by atoms with Crippen LogP contribution in [0.4, 0.5) is 0 Å². The second-order valence-electron chi connectivity index (χ2n) is 4.32. The van der Waals surface area contributed by atoms with Crippen molar-refractivity contribution in [3.8, 4) is 11.5 Å². The fourth-order valence-corrected chi connectivity index (χ4v) is 3.13. The van der Waals surface area contributed by atoms with Gasteiger partial charge in [-0.15, -0.1) is 6.58 Å². The summed E-state index contributed by atoms with van der Waals surface area (Å²) in [5, 5.41) is 2.98. The van der Waals surface area contributed by atoms with Crippen molar-refractivity contribution in [2.75, 3.05) is 12.8 Å². The maximum Gasteiger partial charge on any atom is 0.444 e. The summed E-state index contributed by atoms with van der Waals surface area (Å²) in [4.78, 5) is 0. The maximum absolute atomic E-state index is 12.9. The van der Waals surface area contributed by atoms with Gasteiger partial charge in [-0.25, -0.2) is 4.57 Å². The Balaban J connectivity index is 2.13. The molecule has 0 fully saturated rings. The van der Waals surface area contributed by atoms with Gasteiger partial charge in [-0.1, -0.05) is 42.5 Å². The van der Waals surface area contributed by atoms with Crippen LogP contribution >= 0.6 is 7.60 Å². The summed E-state index contributed by atoms with van der Waals surface area (Å²) in [6.45, 7) is 4.14. The Hall–Kier alpha value is -2.03. The molecule has 2 rings (SSSR count). The minimum Gasteiger partial charge on any atom is -0.415 e. The topological polar surface area (TPSA) is 47.6 Å². The quantitative estimate of drug-likeness (QED) is 0.453. The molecule has 0 saturated carbocycles. The van der Waals surface area contributed by atoms with Crippen LogP contribution in [-0.2, 0) is 4.57 Å². The highest BCUT2D eigenvalue weighted by atomic mass is 31.2. The standard InChI is InChI=1S/C16H18NO3P/c1-2-13-17-14-21(18,19-15-9-5-3-6-10-15)20-16-11-7-4-8-12-16/h2-12,17H,1,13-14H2. The van der Waals surface area contributed by atoms with E-state index in [0.717, 1.165) is 0 Å². The monoisotopic (exact) mass is 303 g/mol. The molecule has 2 aromatic carbocycles. The van der Waals surface area contributed by atoms with Gasteiger partial charge in [-0.05, 0) is 24.3 Å². The van der Waals surface area contributed by atoms with Crippen LogP contribution in [0.2, 0.25) is 0 Å². The van der Waals surface area contributed by atoms with Gasteiger partial charge in [0.25, 0.3) is 0 Å². The molecule has 0 aliphatic rings. The summed E-state index contributed by atoms with van der Waals surface area (Å²) in [6.07, 6.45) is 1.79. The van der Waals surface area contributed by atoms with Crippen LogP contribution in [0.25, 0.3) is 0 Å². The normalized spacial score (nSPS) is 10.9. The largest absolute Gasteiger partial charge is 0.444 e. The molecule has 1 N–H and O–H groups in total. The van der Waals surface area contributed by atoms with E-state index in [0.29, 0.717) is 18.0 Å². The van der Waals surface area contributed by atoms with Crippen LogP contribution in [0.1, 0.15) is 0 Å². The molecule has 4 nitrogen and oxygen atoms in total. The summed E-state index contributed by atoms with van der Waals surface area (Å²) in [6, 6.07) is 18.0. The van der Waals surface area contributed by atoms with Gasteiger partial charge in [0.1, 0.15) is 17.8 Å². The Morgan fingerprint density at radius 3 is 1.86 bits per heavy atom. The van der Waals surface area contributed by atoms with Crippen molar-refractivity contribution in [2.24, 2.45) is 0 Å². The summed E-state index contributed by atoms with van der Waals surface area (Å²) in [7, 11) is -3.35. The van der Waals surface area contributed by atoms with Crippen molar-refractivity contribution in [2.45, 2.75) is 0 Å². The van der Waals surface area contributed by atoms with Crippen molar-refractivity contribution in [1.82, 2.24) is 5.32 Å². The summed E-state index contributed by atoms with van der Waals surface area (Å²) in [5.74, 6) is 1.02. The van der Waals surface area contributed by atoms with Gasteiger partial charge in [0, 0.05) is 6.54 Å². The second kappa shape index (κ2) is 7.67. The molecule has 5 heteroatoms. The number of hydrogen-bond acceptors (Lipinski definition) is 4. The van der Waals surface area contributed by atoms with Gasteiger partial charge >= 0.3 is 7.60 Å². The van der Waals surface area contributed by atoms with Crippen LogP contribution in [0.5, 0.6) is 11.5 Å². The number of hydrogen-bond donors (Lipinski definition) is 1. The van der Waals surface area contributed by atoms with Crippen LogP contribution < -0.4 is 14.4 Å². The zero-order chi connectivity index (χ0) is 15.0. The van der Waals surface area contributed by atoms with Crippen LogP contribution in [0.3, 0.4) is 0 Å². The molecule has 0 heterocycles. The summed E-state index contributed by atoms with van der Waals surface area (Å²) in [5.41, 5.74) is 0. The van der Waals surface area contributed by atoms with E-state index in [1.54, 1.807) is 30.3 Å². The molecule has 0 saturated heterocycles. The van der Waals surface area contributed by atoms with Gasteiger partial charge in [0.2, 0.25) is 0 Å². The molecule has 0 aromatic heterocycles. The van der Waals surface area contributed by atoms with E-state index < -0.39 is 7.60 Å². The third kappa shape index (κ3) is 5.10. The van der Waals surface area contributed by atoms with E-state index in [4.69, 9.17) is 9.05 Å². The molecule has 0 aliphatic carbocycles. The third-order valence-electron chi connectivity index (χ3n) is 2.57. The number of nitrogens with one attached hydrogen (secondary N) is 1. The van der Waals surface area contributed by atoms with E-state index in [9.17, 15) is 4.57 Å². The molecular formula is C16H18NO3P. The lowest BCUT2D eigenvalue weighted by atomic mass is 10.3. The zero-order valence-corrected chi connectivity index (χ0v) is 12.5. The van der Waals surface area contributed by atoms with E-state index in [1.807, 2.05) is 36.4 Å². The Labute approximate surface area is 124 Å². The third-order valence-corrected chi connectivity index (χ3v) is 4.16. The van der Waals surface area contributed by atoms with Gasteiger partial charge in [-0.3, -0.25) is 0 Å². The average molecular weight is 303 g/mol. The molecule has 0 atom stereocenters. The predicted octanol–water partition coefficient (Wildman–Crippen LogP) is 4.07. The van der Waals surface area contributed by atoms with E-state index in [1.165, 1.54) is 0 Å². The Morgan fingerprint density at radius 1 is 0.952 bits per heavy atom. The maximum atomic E-state index is 12.9. The van der Waals surface area contributed by atoms with E-state index >= 15 is 0 Å². The lowest BCUT2D eigenvalue weighted by Gasteiger charge is -2.20. The van der Waals surface area contributed by atoms with Gasteiger partial charge in [0.05, 0.1) is 0 Å². The van der Waals surface area contributed by atoms with Gasteiger partial charge < -0.3 is 14.4 Å². The Morgan fingerprint density at radius 2 is 1.43 bits per heavy atom. The van der Waals surface area contributed by atoms with E-state index in [2.05, 4.69) is 11.9 Å². The molecule has 2 aromatic rings. The highest BCUT2D eigenvalue weighted by Gasteiger charge is 2.27. The zero-order valence-electron chi connectivity index (χ0n) is 11.6. The highest BCUT2D eigenvalue weighted by Crippen LogP contribution is 2.47. The first-order chi connectivity index (χ1) is 10.2. The fraction of sp³-hybridized carbons (Fsp3) is 0.125. The number of para-hydroxylation sites is 2. The van der Waals surface area contributed by atoms with Crippen LogP contribution in [0.15, 0.2) is 73.3 Å². The second-order valence-corrected chi connectivity index (χ2v) is 6.22. The minimum atomic E-state index is -3.35. The molecule has 0 radical (unpaired) electrons. The first-order valence-electron chi connectivity index (χ1n) is 6.62. The SMILES string of the molecule is C=CCNCP(=O)(Oc1ccccc1)Oc1ccccc1. The van der Waals surface area contributed by atoms with Crippen LogP contribution in [0, 0.1) is 0 Å². The van der Waals surface area contributed by atoms with Crippen molar-refractivity contribution >= 4 is 7.60 Å². The molecule has 110 valence electrons. The fourth-order valence-electron chi connectivity index (χ4n) is 1.67. The Bertz CT molecular complexity index is 556. The lowest BCUT2D eigenvalue weighted by molar-refractivity contribution is 0.382. The lowest BCUT2D eigenvalue weighted by Crippen LogP contribution is -2.19. The smallest absolute Gasteiger partial charge is 0.415 e. The van der Waals surface area contributed by atoms with Gasteiger partial charge in [-0.2, -0.15) is 0 Å². The molecule has 0 spiro atoms. The molecule has 0 bridgehead atoms. The van der Waals surface area contributed by atoms with Gasteiger partial charge in [0.15, 0.2) is 0 Å². The van der Waals surface area contributed by atoms with Crippen molar-refractivity contribution in [1.29, 1.82) is 0 Å². The van der Waals surface area contributed by atoms with Crippen LogP contribution in [-0.4, -0.2) is 12.8 Å². The first-order valence-corrected chi connectivity index (χ1v) is 8.35. The highest BCUT2D eigenvalue weighted by molar-refractivity contribution is 7.54. The summed E-state index contributed by atoms with van der Waals surface area (Å²) >= 11 is 0. The average Bonchev–Trinajstić information content (AvgIpc) is 2.49. The molecule has 0 amide bonds. The predicted molar refractivity (Wildman–Crippen MR) is 84.8 cm³/mol. The van der Waals surface area contributed by atoms with Crippen molar-refractivity contribution < 1.29 is 13.6 Å².